The van der Waals surface area contributed by atoms with Gasteiger partial charge >= 0.3 is 0 Å². The van der Waals surface area contributed by atoms with Gasteiger partial charge in [-0.05, 0) is 68.2 Å². The molecule has 0 fully saturated rings. The summed E-state index contributed by atoms with van der Waals surface area (Å²) in [5.41, 5.74) is 4.35. The fraction of sp³-hybridized carbons (Fsp3) is 0.0769. The molecule has 0 atom stereocenters. The molecule has 0 saturated carbocycles. The molecule has 1 amide bonds. The third-order valence-electron chi connectivity index (χ3n) is 4.82. The number of hydrogen-bond acceptors (Lipinski definition) is 4. The van der Waals surface area contributed by atoms with Gasteiger partial charge in [0, 0.05) is 0 Å². The highest BCUT2D eigenvalue weighted by atomic mass is 79.9. The summed E-state index contributed by atoms with van der Waals surface area (Å²) < 4.78 is 12.2. The number of amides is 1. The van der Waals surface area contributed by atoms with Crippen LogP contribution in [0.25, 0.3) is 10.8 Å². The van der Waals surface area contributed by atoms with E-state index in [4.69, 9.17) is 21.1 Å². The summed E-state index contributed by atoms with van der Waals surface area (Å²) in [6.07, 6.45) is 1.55. The SMILES string of the molecule is O=C(COc1ccccc1Cl)N/N=C\c1ccc(OCc2cccc3ccccc23)c(Br)c1. The van der Waals surface area contributed by atoms with Crippen molar-refractivity contribution < 1.29 is 14.3 Å². The molecule has 0 saturated heterocycles. The summed E-state index contributed by atoms with van der Waals surface area (Å²) in [4.78, 5) is 11.9. The van der Waals surface area contributed by atoms with Crippen LogP contribution in [-0.2, 0) is 11.4 Å². The molecule has 7 heteroatoms. The second kappa shape index (κ2) is 11.0. The number of halogens is 2. The molecule has 0 aliphatic rings. The smallest absolute Gasteiger partial charge is 0.277 e. The van der Waals surface area contributed by atoms with Crippen LogP contribution in [0.2, 0.25) is 5.02 Å². The van der Waals surface area contributed by atoms with Gasteiger partial charge in [-0.15, -0.1) is 0 Å². The van der Waals surface area contributed by atoms with Gasteiger partial charge in [0.2, 0.25) is 0 Å². The van der Waals surface area contributed by atoms with E-state index in [1.54, 1.807) is 30.5 Å². The zero-order chi connectivity index (χ0) is 23.0. The maximum atomic E-state index is 11.9. The van der Waals surface area contributed by atoms with E-state index in [0.29, 0.717) is 17.4 Å². The molecule has 0 aliphatic carbocycles. The Hall–Kier alpha value is -3.35. The van der Waals surface area contributed by atoms with E-state index in [9.17, 15) is 4.79 Å². The molecule has 0 aliphatic heterocycles. The molecule has 5 nitrogen and oxygen atoms in total. The normalized spacial score (nSPS) is 11.0. The Kier molecular flexibility index (Phi) is 7.60. The second-order valence-electron chi connectivity index (χ2n) is 7.13. The lowest BCUT2D eigenvalue weighted by Gasteiger charge is -2.11. The van der Waals surface area contributed by atoms with Crippen molar-refractivity contribution in [2.75, 3.05) is 6.61 Å². The van der Waals surface area contributed by atoms with Gasteiger partial charge in [0.1, 0.15) is 18.1 Å². The van der Waals surface area contributed by atoms with Gasteiger partial charge in [0.05, 0.1) is 15.7 Å². The first kappa shape index (κ1) is 22.8. The van der Waals surface area contributed by atoms with Crippen LogP contribution in [0.1, 0.15) is 11.1 Å². The number of para-hydroxylation sites is 1. The number of ether oxygens (including phenoxy) is 2. The van der Waals surface area contributed by atoms with E-state index >= 15 is 0 Å². The lowest BCUT2D eigenvalue weighted by atomic mass is 10.1. The Bertz CT molecular complexity index is 1300. The van der Waals surface area contributed by atoms with Gasteiger partial charge in [-0.3, -0.25) is 4.79 Å². The lowest BCUT2D eigenvalue weighted by Crippen LogP contribution is -2.24. The van der Waals surface area contributed by atoms with Crippen molar-refractivity contribution in [2.45, 2.75) is 6.61 Å². The molecule has 0 unspecified atom stereocenters. The van der Waals surface area contributed by atoms with Crippen molar-refractivity contribution in [3.63, 3.8) is 0 Å². The second-order valence-corrected chi connectivity index (χ2v) is 8.39. The summed E-state index contributed by atoms with van der Waals surface area (Å²) in [6.45, 7) is 0.264. The van der Waals surface area contributed by atoms with Crippen molar-refractivity contribution in [1.29, 1.82) is 0 Å². The van der Waals surface area contributed by atoms with E-state index in [1.807, 2.05) is 36.4 Å². The number of benzene rings is 4. The van der Waals surface area contributed by atoms with Crippen LogP contribution in [0, 0.1) is 0 Å². The predicted molar refractivity (Wildman–Crippen MR) is 135 cm³/mol. The zero-order valence-electron chi connectivity index (χ0n) is 17.5. The zero-order valence-corrected chi connectivity index (χ0v) is 19.8. The minimum absolute atomic E-state index is 0.189. The number of rotatable bonds is 8. The number of hydrogen-bond donors (Lipinski definition) is 1. The number of carbonyl (C=O) groups excluding carboxylic acids is 1. The fourth-order valence-electron chi connectivity index (χ4n) is 3.20. The number of nitrogens with one attached hydrogen (secondary N) is 1. The Morgan fingerprint density at radius 3 is 2.58 bits per heavy atom. The van der Waals surface area contributed by atoms with Gasteiger partial charge in [-0.2, -0.15) is 5.10 Å². The minimum atomic E-state index is -0.389. The summed E-state index contributed by atoms with van der Waals surface area (Å²) in [6, 6.07) is 27.0. The molecule has 4 aromatic rings. The maximum absolute atomic E-state index is 11.9. The van der Waals surface area contributed by atoms with Crippen molar-refractivity contribution in [3.05, 3.63) is 106 Å². The Labute approximate surface area is 205 Å². The van der Waals surface area contributed by atoms with Crippen LogP contribution in [0.3, 0.4) is 0 Å². The van der Waals surface area contributed by atoms with Crippen molar-refractivity contribution in [2.24, 2.45) is 5.10 Å². The Morgan fingerprint density at radius 2 is 1.73 bits per heavy atom. The topological polar surface area (TPSA) is 59.9 Å². The molecule has 0 aromatic heterocycles. The van der Waals surface area contributed by atoms with Crippen LogP contribution in [0.5, 0.6) is 11.5 Å². The first-order chi connectivity index (χ1) is 16.1. The highest BCUT2D eigenvalue weighted by Crippen LogP contribution is 2.28. The average molecular weight is 524 g/mol. The average Bonchev–Trinajstić information content (AvgIpc) is 2.83. The van der Waals surface area contributed by atoms with Gasteiger partial charge < -0.3 is 9.47 Å². The van der Waals surface area contributed by atoms with Gasteiger partial charge in [-0.25, -0.2) is 5.43 Å². The molecule has 0 spiro atoms. The molecule has 0 heterocycles. The lowest BCUT2D eigenvalue weighted by molar-refractivity contribution is -0.123. The Balaban J connectivity index is 1.31. The molecule has 33 heavy (non-hydrogen) atoms. The number of hydrazone groups is 1. The van der Waals surface area contributed by atoms with E-state index in [0.717, 1.165) is 21.3 Å². The highest BCUT2D eigenvalue weighted by molar-refractivity contribution is 9.10. The summed E-state index contributed by atoms with van der Waals surface area (Å²) in [5.74, 6) is 0.777. The molecular formula is C26H20BrClN2O3. The van der Waals surface area contributed by atoms with Gasteiger partial charge in [0.15, 0.2) is 6.61 Å². The summed E-state index contributed by atoms with van der Waals surface area (Å²) >= 11 is 9.54. The van der Waals surface area contributed by atoms with Crippen LogP contribution in [0.4, 0.5) is 0 Å². The van der Waals surface area contributed by atoms with Crippen LogP contribution < -0.4 is 14.9 Å². The van der Waals surface area contributed by atoms with Gasteiger partial charge in [-0.1, -0.05) is 66.2 Å². The first-order valence-electron chi connectivity index (χ1n) is 10.2. The largest absolute Gasteiger partial charge is 0.488 e. The Morgan fingerprint density at radius 1 is 0.939 bits per heavy atom. The quantitative estimate of drug-likeness (QED) is 0.216. The summed E-state index contributed by atoms with van der Waals surface area (Å²) in [5, 5.41) is 6.78. The maximum Gasteiger partial charge on any atom is 0.277 e. The van der Waals surface area contributed by atoms with Crippen molar-refractivity contribution >= 4 is 50.4 Å². The minimum Gasteiger partial charge on any atom is -0.488 e. The number of nitrogens with zero attached hydrogens (tertiary/aromatic N) is 1. The standard InChI is InChI=1S/C26H20BrClN2O3/c27-22-14-18(15-29-30-26(31)17-33-25-11-4-3-10-23(25)28)12-13-24(22)32-16-20-8-5-7-19-6-1-2-9-21(19)20/h1-15H,16-17H2,(H,30,31)/b29-15-. The van der Waals surface area contributed by atoms with Crippen molar-refractivity contribution in [1.82, 2.24) is 5.43 Å². The van der Waals surface area contributed by atoms with E-state index in [2.05, 4.69) is 50.7 Å². The summed E-state index contributed by atoms with van der Waals surface area (Å²) in [7, 11) is 0. The van der Waals surface area contributed by atoms with Crippen LogP contribution in [0.15, 0.2) is 94.5 Å². The fourth-order valence-corrected chi connectivity index (χ4v) is 3.91. The molecular weight excluding hydrogens is 504 g/mol. The van der Waals surface area contributed by atoms with Crippen LogP contribution >= 0.6 is 27.5 Å². The number of fused-ring (bicyclic) bond motifs is 1. The highest BCUT2D eigenvalue weighted by Gasteiger charge is 2.06. The molecule has 0 bridgehead atoms. The third-order valence-corrected chi connectivity index (χ3v) is 5.75. The van der Waals surface area contributed by atoms with E-state index in [-0.39, 0.29) is 12.5 Å². The molecule has 4 rings (SSSR count). The number of carbonyl (C=O) groups is 1. The van der Waals surface area contributed by atoms with Gasteiger partial charge in [0.25, 0.3) is 5.91 Å². The first-order valence-corrected chi connectivity index (χ1v) is 11.4. The van der Waals surface area contributed by atoms with E-state index in [1.165, 1.54) is 10.8 Å². The van der Waals surface area contributed by atoms with Crippen LogP contribution in [-0.4, -0.2) is 18.7 Å². The van der Waals surface area contributed by atoms with E-state index < -0.39 is 0 Å². The molecule has 166 valence electrons. The molecule has 4 aromatic carbocycles. The third kappa shape index (κ3) is 6.12. The predicted octanol–water partition coefficient (Wildman–Crippen LogP) is 6.36. The molecule has 0 radical (unpaired) electrons. The molecule has 1 N–H and O–H groups in total. The van der Waals surface area contributed by atoms with Crippen molar-refractivity contribution in [3.8, 4) is 11.5 Å². The monoisotopic (exact) mass is 522 g/mol.